The van der Waals surface area contributed by atoms with Gasteiger partial charge >= 0.3 is 0 Å². The molecule has 5 N–H and O–H groups in total. The molecule has 0 radical (unpaired) electrons. The van der Waals surface area contributed by atoms with Gasteiger partial charge in [0.15, 0.2) is 0 Å². The summed E-state index contributed by atoms with van der Waals surface area (Å²) in [6.45, 7) is 1.83. The van der Waals surface area contributed by atoms with Crippen molar-refractivity contribution in [3.63, 3.8) is 0 Å². The maximum Gasteiger partial charge on any atom is 0.296 e. The largest absolute Gasteiger partial charge is 0.398 e. The highest BCUT2D eigenvalue weighted by atomic mass is 32.2. The summed E-state index contributed by atoms with van der Waals surface area (Å²) in [7, 11) is -3.71. The molecule has 5 nitrogen and oxygen atoms in total. The SMILES string of the molecule is Cc1ccc(NS(N)(=O)=O)cc1N. The van der Waals surface area contributed by atoms with Gasteiger partial charge in [-0.3, -0.25) is 4.72 Å². The van der Waals surface area contributed by atoms with Gasteiger partial charge in [0, 0.05) is 5.69 Å². The fourth-order valence-electron chi connectivity index (χ4n) is 0.868. The van der Waals surface area contributed by atoms with E-state index in [2.05, 4.69) is 4.72 Å². The van der Waals surface area contributed by atoms with Crippen LogP contribution in [0.1, 0.15) is 5.56 Å². The highest BCUT2D eigenvalue weighted by Gasteiger charge is 2.02. The zero-order valence-electron chi connectivity index (χ0n) is 7.11. The second-order valence-corrected chi connectivity index (χ2v) is 4.01. The van der Waals surface area contributed by atoms with Crippen molar-refractivity contribution in [1.29, 1.82) is 0 Å². The van der Waals surface area contributed by atoms with Crippen LogP contribution in [0, 0.1) is 6.92 Å². The Bertz CT molecular complexity index is 414. The Balaban J connectivity index is 2.99. The molecule has 0 fully saturated rings. The normalized spacial score (nSPS) is 11.2. The van der Waals surface area contributed by atoms with E-state index in [1.54, 1.807) is 12.1 Å². The van der Waals surface area contributed by atoms with Crippen molar-refractivity contribution in [3.8, 4) is 0 Å². The minimum atomic E-state index is -3.71. The number of rotatable bonds is 2. The zero-order valence-corrected chi connectivity index (χ0v) is 7.93. The van der Waals surface area contributed by atoms with Crippen LogP contribution < -0.4 is 15.6 Å². The van der Waals surface area contributed by atoms with Gasteiger partial charge in [-0.05, 0) is 24.6 Å². The molecule has 1 aromatic rings. The fraction of sp³-hybridized carbons (Fsp3) is 0.143. The summed E-state index contributed by atoms with van der Waals surface area (Å²) >= 11 is 0. The molecular formula is C7H11N3O2S. The van der Waals surface area contributed by atoms with E-state index >= 15 is 0 Å². The summed E-state index contributed by atoms with van der Waals surface area (Å²) in [5.74, 6) is 0. The Labute approximate surface area is 76.9 Å². The summed E-state index contributed by atoms with van der Waals surface area (Å²) < 4.78 is 23.4. The molecule has 0 aliphatic heterocycles. The molecule has 13 heavy (non-hydrogen) atoms. The molecule has 1 aromatic carbocycles. The number of aryl methyl sites for hydroxylation is 1. The average Bonchev–Trinajstić information content (AvgIpc) is 1.94. The molecule has 0 saturated carbocycles. The maximum absolute atomic E-state index is 10.6. The second-order valence-electron chi connectivity index (χ2n) is 2.72. The molecule has 0 saturated heterocycles. The molecule has 1 rings (SSSR count). The van der Waals surface area contributed by atoms with Crippen LogP contribution in [0.4, 0.5) is 11.4 Å². The monoisotopic (exact) mass is 201 g/mol. The lowest BCUT2D eigenvalue weighted by Crippen LogP contribution is -2.21. The fourth-order valence-corrected chi connectivity index (χ4v) is 1.32. The molecule has 0 atom stereocenters. The predicted octanol–water partition coefficient (Wildman–Crippen LogP) is 0.193. The van der Waals surface area contributed by atoms with Gasteiger partial charge in [-0.15, -0.1) is 0 Å². The predicted molar refractivity (Wildman–Crippen MR) is 52.3 cm³/mol. The molecule has 0 aliphatic carbocycles. The third kappa shape index (κ3) is 2.92. The summed E-state index contributed by atoms with van der Waals surface area (Å²) in [5, 5.41) is 4.78. The van der Waals surface area contributed by atoms with Crippen LogP contribution in [0.25, 0.3) is 0 Å². The molecule has 0 amide bonds. The van der Waals surface area contributed by atoms with E-state index in [9.17, 15) is 8.42 Å². The average molecular weight is 201 g/mol. The van der Waals surface area contributed by atoms with Gasteiger partial charge in [0.1, 0.15) is 0 Å². The first-order valence-corrected chi connectivity index (χ1v) is 5.10. The Hall–Kier alpha value is -1.27. The van der Waals surface area contributed by atoms with E-state index in [4.69, 9.17) is 10.9 Å². The van der Waals surface area contributed by atoms with Crippen molar-refractivity contribution in [1.82, 2.24) is 0 Å². The number of anilines is 2. The number of benzene rings is 1. The first-order valence-electron chi connectivity index (χ1n) is 3.55. The summed E-state index contributed by atoms with van der Waals surface area (Å²) in [6.07, 6.45) is 0. The summed E-state index contributed by atoms with van der Waals surface area (Å²) in [4.78, 5) is 0. The van der Waals surface area contributed by atoms with Crippen LogP contribution in [0.15, 0.2) is 18.2 Å². The van der Waals surface area contributed by atoms with Crippen molar-refractivity contribution in [2.75, 3.05) is 10.5 Å². The maximum atomic E-state index is 10.6. The van der Waals surface area contributed by atoms with E-state index in [0.29, 0.717) is 11.4 Å². The van der Waals surface area contributed by atoms with Gasteiger partial charge in [0.25, 0.3) is 10.2 Å². The van der Waals surface area contributed by atoms with Crippen LogP contribution in [-0.4, -0.2) is 8.42 Å². The van der Waals surface area contributed by atoms with E-state index in [1.807, 2.05) is 6.92 Å². The topological polar surface area (TPSA) is 98.2 Å². The molecule has 0 unspecified atom stereocenters. The standard InChI is InChI=1S/C7H11N3O2S/c1-5-2-3-6(4-7(5)8)10-13(9,11)12/h2-4,10H,8H2,1H3,(H2,9,11,12). The molecule has 0 spiro atoms. The first-order chi connectivity index (χ1) is 5.88. The number of nitrogen functional groups attached to an aromatic ring is 1. The number of nitrogens with two attached hydrogens (primary N) is 2. The van der Waals surface area contributed by atoms with Crippen molar-refractivity contribution >= 4 is 21.6 Å². The molecule has 0 aliphatic rings. The Kier molecular flexibility index (Phi) is 2.44. The number of nitrogens with one attached hydrogen (secondary N) is 1. The van der Waals surface area contributed by atoms with Gasteiger partial charge in [0.05, 0.1) is 5.69 Å². The van der Waals surface area contributed by atoms with Gasteiger partial charge in [-0.1, -0.05) is 6.07 Å². The van der Waals surface area contributed by atoms with E-state index in [0.717, 1.165) is 5.56 Å². The lowest BCUT2D eigenvalue weighted by molar-refractivity contribution is 0.603. The van der Waals surface area contributed by atoms with Crippen molar-refractivity contribution in [3.05, 3.63) is 23.8 Å². The van der Waals surface area contributed by atoms with Crippen molar-refractivity contribution in [2.24, 2.45) is 5.14 Å². The van der Waals surface area contributed by atoms with E-state index in [-0.39, 0.29) is 0 Å². The van der Waals surface area contributed by atoms with E-state index in [1.165, 1.54) is 6.07 Å². The third-order valence-corrected chi connectivity index (χ3v) is 2.06. The van der Waals surface area contributed by atoms with Crippen LogP contribution in [0.3, 0.4) is 0 Å². The Morgan fingerprint density at radius 1 is 1.38 bits per heavy atom. The van der Waals surface area contributed by atoms with Crippen LogP contribution >= 0.6 is 0 Å². The summed E-state index contributed by atoms with van der Waals surface area (Å²) in [5.41, 5.74) is 7.34. The van der Waals surface area contributed by atoms with Gasteiger partial charge < -0.3 is 5.73 Å². The molecule has 72 valence electrons. The number of hydrogen-bond donors (Lipinski definition) is 3. The Morgan fingerprint density at radius 2 is 2.00 bits per heavy atom. The van der Waals surface area contributed by atoms with Gasteiger partial charge in [0.2, 0.25) is 0 Å². The third-order valence-electron chi connectivity index (χ3n) is 1.54. The molecule has 0 aromatic heterocycles. The quantitative estimate of drug-likeness (QED) is 0.596. The highest BCUT2D eigenvalue weighted by molar-refractivity contribution is 7.90. The lowest BCUT2D eigenvalue weighted by Gasteiger charge is -2.05. The minimum Gasteiger partial charge on any atom is -0.398 e. The highest BCUT2D eigenvalue weighted by Crippen LogP contribution is 2.16. The van der Waals surface area contributed by atoms with Crippen LogP contribution in [0.2, 0.25) is 0 Å². The second kappa shape index (κ2) is 3.23. The minimum absolute atomic E-state index is 0.366. The van der Waals surface area contributed by atoms with Crippen LogP contribution in [-0.2, 0) is 10.2 Å². The van der Waals surface area contributed by atoms with Crippen molar-refractivity contribution in [2.45, 2.75) is 6.92 Å². The zero-order chi connectivity index (χ0) is 10.1. The van der Waals surface area contributed by atoms with E-state index < -0.39 is 10.2 Å². The van der Waals surface area contributed by atoms with Crippen LogP contribution in [0.5, 0.6) is 0 Å². The summed E-state index contributed by atoms with van der Waals surface area (Å²) in [6, 6.07) is 4.82. The first kappa shape index (κ1) is 9.82. The molecular weight excluding hydrogens is 190 g/mol. The van der Waals surface area contributed by atoms with Crippen molar-refractivity contribution < 1.29 is 8.42 Å². The number of hydrogen-bond acceptors (Lipinski definition) is 3. The Morgan fingerprint density at radius 3 is 2.46 bits per heavy atom. The smallest absolute Gasteiger partial charge is 0.296 e. The van der Waals surface area contributed by atoms with Gasteiger partial charge in [-0.25, -0.2) is 5.14 Å². The molecule has 6 heteroatoms. The lowest BCUT2D eigenvalue weighted by atomic mass is 10.2. The van der Waals surface area contributed by atoms with Gasteiger partial charge in [-0.2, -0.15) is 8.42 Å². The molecule has 0 heterocycles. The molecule has 0 bridgehead atoms.